The molecule has 6 heteroatoms. The summed E-state index contributed by atoms with van der Waals surface area (Å²) in [4.78, 5) is 0. The number of nitrogens with one attached hydrogen (secondary N) is 1. The molecule has 1 aromatic carbocycles. The molecular weight excluding hydrogens is 286 g/mol. The molecule has 2 rings (SSSR count). The van der Waals surface area contributed by atoms with Gasteiger partial charge in [0.05, 0.1) is 18.0 Å². The van der Waals surface area contributed by atoms with E-state index in [0.29, 0.717) is 17.2 Å². The van der Waals surface area contributed by atoms with Gasteiger partial charge in [-0.05, 0) is 37.5 Å². The fourth-order valence-electron chi connectivity index (χ4n) is 2.60. The lowest BCUT2D eigenvalue weighted by molar-refractivity contribution is 0.416. The predicted octanol–water partition coefficient (Wildman–Crippen LogP) is 2.73. The minimum atomic E-state index is -3.04. The summed E-state index contributed by atoms with van der Waals surface area (Å²) in [6.45, 7) is 0. The van der Waals surface area contributed by atoms with Crippen molar-refractivity contribution in [1.82, 2.24) is 0 Å². The van der Waals surface area contributed by atoms with Crippen LogP contribution in [-0.4, -0.2) is 33.1 Å². The summed E-state index contributed by atoms with van der Waals surface area (Å²) >= 11 is 5.97. The van der Waals surface area contributed by atoms with E-state index in [1.807, 2.05) is 0 Å². The second-order valence-corrected chi connectivity index (χ2v) is 7.60. The van der Waals surface area contributed by atoms with Crippen LogP contribution in [0.1, 0.15) is 19.3 Å². The standard InChI is InChI=1S/C13H18ClNO3S/c1-18-12-7-6-9(14)8-11(12)15-10-4-3-5-13(10)19(2,16)17/h6-8,10,13,15H,3-5H2,1-2H3. The highest BCUT2D eigenvalue weighted by Gasteiger charge is 2.35. The Morgan fingerprint density at radius 1 is 1.37 bits per heavy atom. The van der Waals surface area contributed by atoms with Crippen molar-refractivity contribution >= 4 is 27.1 Å². The zero-order chi connectivity index (χ0) is 14.0. The molecular formula is C13H18ClNO3S. The highest BCUT2D eigenvalue weighted by Crippen LogP contribution is 2.33. The van der Waals surface area contributed by atoms with Gasteiger partial charge in [-0.1, -0.05) is 11.6 Å². The minimum absolute atomic E-state index is 0.0811. The zero-order valence-corrected chi connectivity index (χ0v) is 12.6. The van der Waals surface area contributed by atoms with Crippen molar-refractivity contribution in [2.24, 2.45) is 0 Å². The van der Waals surface area contributed by atoms with E-state index >= 15 is 0 Å². The van der Waals surface area contributed by atoms with Crippen molar-refractivity contribution in [2.75, 3.05) is 18.7 Å². The molecule has 106 valence electrons. The summed E-state index contributed by atoms with van der Waals surface area (Å²) in [6, 6.07) is 5.20. The van der Waals surface area contributed by atoms with E-state index in [4.69, 9.17) is 16.3 Å². The summed E-state index contributed by atoms with van der Waals surface area (Å²) in [5, 5.41) is 3.53. The van der Waals surface area contributed by atoms with Crippen molar-refractivity contribution < 1.29 is 13.2 Å². The summed E-state index contributed by atoms with van der Waals surface area (Å²) in [5.41, 5.74) is 0.746. The Morgan fingerprint density at radius 2 is 2.11 bits per heavy atom. The Morgan fingerprint density at radius 3 is 2.74 bits per heavy atom. The normalized spacial score (nSPS) is 23.3. The van der Waals surface area contributed by atoms with Crippen LogP contribution in [0, 0.1) is 0 Å². The number of sulfone groups is 1. The highest BCUT2D eigenvalue weighted by atomic mass is 35.5. The van der Waals surface area contributed by atoms with Crippen molar-refractivity contribution in [1.29, 1.82) is 0 Å². The van der Waals surface area contributed by atoms with E-state index < -0.39 is 9.84 Å². The third kappa shape index (κ3) is 3.34. The van der Waals surface area contributed by atoms with Crippen molar-refractivity contribution in [3.05, 3.63) is 23.2 Å². The van der Waals surface area contributed by atoms with Crippen LogP contribution in [0.25, 0.3) is 0 Å². The van der Waals surface area contributed by atoms with E-state index in [2.05, 4.69) is 5.32 Å². The predicted molar refractivity (Wildman–Crippen MR) is 77.9 cm³/mol. The van der Waals surface area contributed by atoms with Gasteiger partial charge in [0, 0.05) is 17.3 Å². The van der Waals surface area contributed by atoms with Gasteiger partial charge in [0.25, 0.3) is 0 Å². The first-order chi connectivity index (χ1) is 8.91. The molecule has 2 atom stereocenters. The number of rotatable bonds is 4. The van der Waals surface area contributed by atoms with Gasteiger partial charge < -0.3 is 10.1 Å². The maximum atomic E-state index is 11.8. The van der Waals surface area contributed by atoms with Crippen LogP contribution in [0.4, 0.5) is 5.69 Å². The Bertz CT molecular complexity index is 559. The molecule has 1 aromatic rings. The Kier molecular flexibility index (Phi) is 4.26. The van der Waals surface area contributed by atoms with Crippen molar-refractivity contribution in [2.45, 2.75) is 30.6 Å². The molecule has 19 heavy (non-hydrogen) atoms. The van der Waals surface area contributed by atoms with Crippen LogP contribution in [0.2, 0.25) is 5.02 Å². The summed E-state index contributed by atoms with van der Waals surface area (Å²) < 4.78 is 28.8. The van der Waals surface area contributed by atoms with Gasteiger partial charge in [0.1, 0.15) is 5.75 Å². The summed E-state index contributed by atoms with van der Waals surface area (Å²) in [6.07, 6.45) is 3.76. The maximum absolute atomic E-state index is 11.8. The van der Waals surface area contributed by atoms with Gasteiger partial charge in [0.2, 0.25) is 0 Å². The molecule has 1 fully saturated rings. The molecule has 0 aliphatic heterocycles. The number of hydrogen-bond donors (Lipinski definition) is 1. The molecule has 0 aromatic heterocycles. The lowest BCUT2D eigenvalue weighted by atomic mass is 10.2. The molecule has 1 saturated carbocycles. The number of methoxy groups -OCH3 is 1. The van der Waals surface area contributed by atoms with Crippen LogP contribution < -0.4 is 10.1 Å². The molecule has 4 nitrogen and oxygen atoms in total. The highest BCUT2D eigenvalue weighted by molar-refractivity contribution is 7.91. The smallest absolute Gasteiger partial charge is 0.152 e. The molecule has 0 amide bonds. The molecule has 2 unspecified atom stereocenters. The first-order valence-corrected chi connectivity index (χ1v) is 8.54. The fraction of sp³-hybridized carbons (Fsp3) is 0.538. The van der Waals surface area contributed by atoms with Crippen LogP contribution >= 0.6 is 11.6 Å². The van der Waals surface area contributed by atoms with E-state index in [-0.39, 0.29) is 11.3 Å². The molecule has 1 aliphatic carbocycles. The van der Waals surface area contributed by atoms with Gasteiger partial charge >= 0.3 is 0 Å². The number of halogens is 1. The average molecular weight is 304 g/mol. The molecule has 0 heterocycles. The number of anilines is 1. The summed E-state index contributed by atoms with van der Waals surface area (Å²) in [5.74, 6) is 0.670. The van der Waals surface area contributed by atoms with Crippen LogP contribution in [0.15, 0.2) is 18.2 Å². The number of ether oxygens (including phenoxy) is 1. The molecule has 0 radical (unpaired) electrons. The Hall–Kier alpha value is -0.940. The van der Waals surface area contributed by atoms with Crippen molar-refractivity contribution in [3.8, 4) is 5.75 Å². The van der Waals surface area contributed by atoms with Gasteiger partial charge in [-0.3, -0.25) is 0 Å². The second-order valence-electron chi connectivity index (χ2n) is 4.89. The molecule has 1 aliphatic rings. The molecule has 0 spiro atoms. The van der Waals surface area contributed by atoms with Gasteiger partial charge in [-0.15, -0.1) is 0 Å². The van der Waals surface area contributed by atoms with E-state index in [1.165, 1.54) is 6.26 Å². The summed E-state index contributed by atoms with van der Waals surface area (Å²) in [7, 11) is -1.46. The first-order valence-electron chi connectivity index (χ1n) is 6.21. The Labute approximate surface area is 119 Å². The monoisotopic (exact) mass is 303 g/mol. The third-order valence-electron chi connectivity index (χ3n) is 3.50. The molecule has 0 bridgehead atoms. The molecule has 0 saturated heterocycles. The fourth-order valence-corrected chi connectivity index (χ4v) is 4.16. The third-order valence-corrected chi connectivity index (χ3v) is 5.40. The average Bonchev–Trinajstić information content (AvgIpc) is 2.77. The quantitative estimate of drug-likeness (QED) is 0.929. The van der Waals surface area contributed by atoms with Gasteiger partial charge in [0.15, 0.2) is 9.84 Å². The second kappa shape index (κ2) is 5.59. The van der Waals surface area contributed by atoms with Crippen molar-refractivity contribution in [3.63, 3.8) is 0 Å². The number of benzene rings is 1. The van der Waals surface area contributed by atoms with Gasteiger partial charge in [-0.25, -0.2) is 8.42 Å². The van der Waals surface area contributed by atoms with Crippen LogP contribution in [0.3, 0.4) is 0 Å². The SMILES string of the molecule is COc1ccc(Cl)cc1NC1CCCC1S(C)(=O)=O. The lowest BCUT2D eigenvalue weighted by Crippen LogP contribution is -2.34. The van der Waals surface area contributed by atoms with E-state index in [0.717, 1.165) is 18.5 Å². The topological polar surface area (TPSA) is 55.4 Å². The van der Waals surface area contributed by atoms with Gasteiger partial charge in [-0.2, -0.15) is 0 Å². The van der Waals surface area contributed by atoms with E-state index in [1.54, 1.807) is 25.3 Å². The van der Waals surface area contributed by atoms with Crippen LogP contribution in [0.5, 0.6) is 5.75 Å². The first kappa shape index (κ1) is 14.5. The van der Waals surface area contributed by atoms with E-state index in [9.17, 15) is 8.42 Å². The Balaban J connectivity index is 2.23. The zero-order valence-electron chi connectivity index (χ0n) is 11.0. The molecule has 1 N–H and O–H groups in total. The minimum Gasteiger partial charge on any atom is -0.495 e. The van der Waals surface area contributed by atoms with Crippen LogP contribution in [-0.2, 0) is 9.84 Å². The number of hydrogen-bond acceptors (Lipinski definition) is 4. The largest absolute Gasteiger partial charge is 0.495 e. The maximum Gasteiger partial charge on any atom is 0.152 e. The lowest BCUT2D eigenvalue weighted by Gasteiger charge is -2.22.